The molecule has 0 fully saturated rings. The van der Waals surface area contributed by atoms with Crippen molar-refractivity contribution in [2.45, 2.75) is 18.9 Å². The van der Waals surface area contributed by atoms with Gasteiger partial charge < -0.3 is 16.2 Å². The van der Waals surface area contributed by atoms with Gasteiger partial charge in [-0.2, -0.15) is 0 Å². The number of carboxylic acid groups (broad SMARTS) is 1. The summed E-state index contributed by atoms with van der Waals surface area (Å²) in [6, 6.07) is 1.61. The van der Waals surface area contributed by atoms with Crippen molar-refractivity contribution in [2.75, 3.05) is 5.32 Å². The van der Waals surface area contributed by atoms with E-state index in [0.717, 1.165) is 12.1 Å². The molecular weight excluding hydrogens is 246 g/mol. The van der Waals surface area contributed by atoms with Crippen molar-refractivity contribution in [1.29, 1.82) is 0 Å². The minimum atomic E-state index is -1.08. The number of amides is 1. The molecule has 1 aromatic carbocycles. The first-order chi connectivity index (χ1) is 8.40. The van der Waals surface area contributed by atoms with Crippen molar-refractivity contribution in [1.82, 2.24) is 0 Å². The number of benzene rings is 1. The number of rotatable bonds is 5. The first-order valence-corrected chi connectivity index (χ1v) is 5.13. The lowest BCUT2D eigenvalue weighted by atomic mass is 10.1. The van der Waals surface area contributed by atoms with Crippen LogP contribution in [-0.2, 0) is 9.59 Å². The molecule has 0 bridgehead atoms. The third-order valence-corrected chi connectivity index (χ3v) is 2.19. The zero-order chi connectivity index (χ0) is 13.7. The Morgan fingerprint density at radius 2 is 2.06 bits per heavy atom. The average Bonchev–Trinajstić information content (AvgIpc) is 2.29. The number of carboxylic acids is 1. The summed E-state index contributed by atoms with van der Waals surface area (Å²) < 4.78 is 25.8. The van der Waals surface area contributed by atoms with Gasteiger partial charge in [-0.3, -0.25) is 9.59 Å². The maximum atomic E-state index is 13.2. The molecule has 0 aromatic heterocycles. The molecule has 98 valence electrons. The van der Waals surface area contributed by atoms with Gasteiger partial charge in [-0.25, -0.2) is 8.78 Å². The highest BCUT2D eigenvalue weighted by molar-refractivity contribution is 5.94. The second-order valence-electron chi connectivity index (χ2n) is 3.65. The Morgan fingerprint density at radius 1 is 1.39 bits per heavy atom. The maximum Gasteiger partial charge on any atom is 0.303 e. The van der Waals surface area contributed by atoms with E-state index in [4.69, 9.17) is 10.8 Å². The SMILES string of the molecule is NC(CCC(=O)O)C(=O)Nc1ccc(F)cc1F. The first kappa shape index (κ1) is 14.0. The normalized spacial score (nSPS) is 11.9. The monoisotopic (exact) mass is 258 g/mol. The van der Waals surface area contributed by atoms with Gasteiger partial charge in [0.1, 0.15) is 11.6 Å². The van der Waals surface area contributed by atoms with E-state index >= 15 is 0 Å². The standard InChI is InChI=1S/C11H12F2N2O3/c12-6-1-3-9(7(13)5-6)15-11(18)8(14)2-4-10(16)17/h1,3,5,8H,2,4,14H2,(H,15,18)(H,16,17). The molecule has 0 radical (unpaired) electrons. The predicted octanol–water partition coefficient (Wildman–Crippen LogP) is 1.10. The van der Waals surface area contributed by atoms with Gasteiger partial charge in [0.2, 0.25) is 5.91 Å². The summed E-state index contributed by atoms with van der Waals surface area (Å²) in [5.41, 5.74) is 5.22. The highest BCUT2D eigenvalue weighted by atomic mass is 19.1. The summed E-state index contributed by atoms with van der Waals surface area (Å²) in [6.07, 6.45) is -0.329. The minimum Gasteiger partial charge on any atom is -0.481 e. The van der Waals surface area contributed by atoms with E-state index in [1.807, 2.05) is 0 Å². The van der Waals surface area contributed by atoms with Crippen LogP contribution in [0, 0.1) is 11.6 Å². The Labute approximate surface area is 102 Å². The molecule has 1 atom stereocenters. The first-order valence-electron chi connectivity index (χ1n) is 5.13. The largest absolute Gasteiger partial charge is 0.481 e. The summed E-state index contributed by atoms with van der Waals surface area (Å²) >= 11 is 0. The molecule has 0 spiro atoms. The quantitative estimate of drug-likeness (QED) is 0.737. The molecule has 0 aliphatic heterocycles. The lowest BCUT2D eigenvalue weighted by Crippen LogP contribution is -2.36. The van der Waals surface area contributed by atoms with Crippen LogP contribution < -0.4 is 11.1 Å². The Bertz CT molecular complexity index is 466. The van der Waals surface area contributed by atoms with E-state index < -0.39 is 29.6 Å². The van der Waals surface area contributed by atoms with E-state index in [-0.39, 0.29) is 18.5 Å². The molecule has 7 heteroatoms. The van der Waals surface area contributed by atoms with Crippen LogP contribution in [0.1, 0.15) is 12.8 Å². The van der Waals surface area contributed by atoms with E-state index in [1.54, 1.807) is 0 Å². The third-order valence-electron chi connectivity index (χ3n) is 2.19. The van der Waals surface area contributed by atoms with E-state index in [1.165, 1.54) is 0 Å². The van der Waals surface area contributed by atoms with Gasteiger partial charge in [0.15, 0.2) is 0 Å². The number of nitrogens with two attached hydrogens (primary N) is 1. The molecule has 1 rings (SSSR count). The van der Waals surface area contributed by atoms with Gasteiger partial charge >= 0.3 is 5.97 Å². The molecule has 0 aliphatic rings. The van der Waals surface area contributed by atoms with E-state index in [0.29, 0.717) is 6.07 Å². The van der Waals surface area contributed by atoms with Crippen LogP contribution in [0.25, 0.3) is 0 Å². The van der Waals surface area contributed by atoms with Gasteiger partial charge in [-0.15, -0.1) is 0 Å². The molecule has 0 saturated heterocycles. The Balaban J connectivity index is 2.61. The topological polar surface area (TPSA) is 92.4 Å². The minimum absolute atomic E-state index is 0.0655. The number of carbonyl (C=O) groups is 2. The Hall–Kier alpha value is -2.02. The lowest BCUT2D eigenvalue weighted by Gasteiger charge is -2.11. The second-order valence-corrected chi connectivity index (χ2v) is 3.65. The van der Waals surface area contributed by atoms with Crippen molar-refractivity contribution in [3.05, 3.63) is 29.8 Å². The van der Waals surface area contributed by atoms with Crippen LogP contribution in [0.5, 0.6) is 0 Å². The van der Waals surface area contributed by atoms with Crippen LogP contribution >= 0.6 is 0 Å². The third kappa shape index (κ3) is 4.10. The summed E-state index contributed by atoms with van der Waals surface area (Å²) in [5.74, 6) is -3.48. The van der Waals surface area contributed by atoms with Crippen molar-refractivity contribution in [3.8, 4) is 0 Å². The molecule has 1 aromatic rings. The van der Waals surface area contributed by atoms with Crippen LogP contribution in [-0.4, -0.2) is 23.0 Å². The molecule has 1 amide bonds. The summed E-state index contributed by atoms with van der Waals surface area (Å²) in [6.45, 7) is 0. The predicted molar refractivity (Wildman–Crippen MR) is 59.8 cm³/mol. The molecular formula is C11H12F2N2O3. The van der Waals surface area contributed by atoms with Crippen molar-refractivity contribution in [3.63, 3.8) is 0 Å². The second kappa shape index (κ2) is 6.06. The van der Waals surface area contributed by atoms with Crippen LogP contribution in [0.15, 0.2) is 18.2 Å². The maximum absolute atomic E-state index is 13.2. The van der Waals surface area contributed by atoms with Gasteiger partial charge in [0.25, 0.3) is 0 Å². The summed E-state index contributed by atoms with van der Waals surface area (Å²) in [4.78, 5) is 21.8. The van der Waals surface area contributed by atoms with Crippen molar-refractivity contribution in [2.24, 2.45) is 5.73 Å². The number of halogens is 2. The van der Waals surface area contributed by atoms with Crippen LogP contribution in [0.4, 0.5) is 14.5 Å². The highest BCUT2D eigenvalue weighted by Crippen LogP contribution is 2.15. The molecule has 1 unspecified atom stereocenters. The van der Waals surface area contributed by atoms with Crippen LogP contribution in [0.3, 0.4) is 0 Å². The van der Waals surface area contributed by atoms with Gasteiger partial charge in [0.05, 0.1) is 11.7 Å². The number of hydrogen-bond donors (Lipinski definition) is 3. The molecule has 0 heterocycles. The average molecular weight is 258 g/mol. The van der Waals surface area contributed by atoms with E-state index in [2.05, 4.69) is 5.32 Å². The molecule has 0 saturated carbocycles. The molecule has 4 N–H and O–H groups in total. The molecule has 18 heavy (non-hydrogen) atoms. The van der Waals surface area contributed by atoms with E-state index in [9.17, 15) is 18.4 Å². The summed E-state index contributed by atoms with van der Waals surface area (Å²) in [7, 11) is 0. The smallest absolute Gasteiger partial charge is 0.303 e. The highest BCUT2D eigenvalue weighted by Gasteiger charge is 2.16. The number of aliphatic carboxylic acids is 1. The fourth-order valence-electron chi connectivity index (χ4n) is 1.23. The fraction of sp³-hybridized carbons (Fsp3) is 0.273. The molecule has 5 nitrogen and oxygen atoms in total. The fourth-order valence-corrected chi connectivity index (χ4v) is 1.23. The Morgan fingerprint density at radius 3 is 2.61 bits per heavy atom. The van der Waals surface area contributed by atoms with Gasteiger partial charge in [-0.05, 0) is 18.6 Å². The molecule has 0 aliphatic carbocycles. The van der Waals surface area contributed by atoms with Gasteiger partial charge in [0, 0.05) is 12.5 Å². The number of anilines is 1. The lowest BCUT2D eigenvalue weighted by molar-refractivity contribution is -0.137. The van der Waals surface area contributed by atoms with Crippen molar-refractivity contribution >= 4 is 17.6 Å². The zero-order valence-electron chi connectivity index (χ0n) is 9.32. The summed E-state index contributed by atoms with van der Waals surface area (Å²) in [5, 5.41) is 10.6. The number of hydrogen-bond acceptors (Lipinski definition) is 3. The van der Waals surface area contributed by atoms with Crippen LogP contribution in [0.2, 0.25) is 0 Å². The Kier molecular flexibility index (Phi) is 4.73. The van der Waals surface area contributed by atoms with Crippen molar-refractivity contribution < 1.29 is 23.5 Å². The zero-order valence-corrected chi connectivity index (χ0v) is 9.32. The number of nitrogens with one attached hydrogen (secondary N) is 1. The van der Waals surface area contributed by atoms with Gasteiger partial charge in [-0.1, -0.05) is 0 Å². The number of carbonyl (C=O) groups excluding carboxylic acids is 1.